The number of hydrogen-bond acceptors (Lipinski definition) is 8. The van der Waals surface area contributed by atoms with Crippen molar-refractivity contribution in [2.24, 2.45) is 17.4 Å². The first-order valence-corrected chi connectivity index (χ1v) is 10.9. The monoisotopic (exact) mass is 475 g/mol. The van der Waals surface area contributed by atoms with E-state index in [9.17, 15) is 34.2 Å². The number of rotatable bonds is 17. The van der Waals surface area contributed by atoms with E-state index in [2.05, 4.69) is 16.0 Å². The van der Waals surface area contributed by atoms with Crippen LogP contribution in [0.4, 0.5) is 0 Å². The molecule has 0 aliphatic rings. The molecule has 5 unspecified atom stereocenters. The molecule has 0 bridgehead atoms. The van der Waals surface area contributed by atoms with Crippen LogP contribution in [0.5, 0.6) is 0 Å². The highest BCUT2D eigenvalue weighted by Crippen LogP contribution is 2.07. The summed E-state index contributed by atoms with van der Waals surface area (Å²) in [5, 5.41) is 34.6. The van der Waals surface area contributed by atoms with Crippen molar-refractivity contribution in [1.82, 2.24) is 16.0 Å². The maximum atomic E-state index is 12.7. The summed E-state index contributed by atoms with van der Waals surface area (Å²) in [5.74, 6) is -5.20. The van der Waals surface area contributed by atoms with Gasteiger partial charge in [0.25, 0.3) is 0 Å². The fraction of sp³-hybridized carbons (Fsp3) is 0.750. The molecule has 0 aromatic heterocycles. The van der Waals surface area contributed by atoms with Crippen LogP contribution in [-0.2, 0) is 24.0 Å². The number of amides is 3. The highest BCUT2D eigenvalue weighted by Gasteiger charge is 2.30. The van der Waals surface area contributed by atoms with Crippen molar-refractivity contribution in [1.29, 1.82) is 0 Å². The molecule has 13 heteroatoms. The molecule has 0 fully saturated rings. The predicted molar refractivity (Wildman–Crippen MR) is 118 cm³/mol. The van der Waals surface area contributed by atoms with Crippen molar-refractivity contribution in [3.63, 3.8) is 0 Å². The Kier molecular flexibility index (Phi) is 14.6. The molecule has 190 valence electrons. The zero-order valence-corrected chi connectivity index (χ0v) is 19.1. The van der Waals surface area contributed by atoms with Gasteiger partial charge < -0.3 is 42.7 Å². The average Bonchev–Trinajstić information content (AvgIpc) is 2.77. The molecule has 0 rings (SSSR count). The minimum absolute atomic E-state index is 0.106. The smallest absolute Gasteiger partial charge is 0.326 e. The lowest BCUT2D eigenvalue weighted by Gasteiger charge is -2.25. The summed E-state index contributed by atoms with van der Waals surface area (Å²) in [6.07, 6.45) is 0.984. The minimum atomic E-state index is -1.51. The Balaban J connectivity index is 5.28. The lowest BCUT2D eigenvalue weighted by atomic mass is 9.98. The molecule has 0 aliphatic heterocycles. The van der Waals surface area contributed by atoms with Crippen molar-refractivity contribution >= 4 is 29.7 Å². The Hall–Kier alpha value is -2.77. The van der Waals surface area contributed by atoms with Crippen molar-refractivity contribution in [2.75, 3.05) is 13.2 Å². The Morgan fingerprint density at radius 1 is 0.848 bits per heavy atom. The van der Waals surface area contributed by atoms with Gasteiger partial charge in [-0.15, -0.1) is 0 Å². The largest absolute Gasteiger partial charge is 0.481 e. The van der Waals surface area contributed by atoms with Crippen LogP contribution in [-0.4, -0.2) is 82.3 Å². The lowest BCUT2D eigenvalue weighted by molar-refractivity contribution is -0.142. The van der Waals surface area contributed by atoms with Crippen LogP contribution in [0.2, 0.25) is 0 Å². The van der Waals surface area contributed by atoms with Gasteiger partial charge in [-0.25, -0.2) is 4.79 Å². The molecule has 0 aliphatic carbocycles. The summed E-state index contributed by atoms with van der Waals surface area (Å²) >= 11 is 0. The van der Waals surface area contributed by atoms with Crippen molar-refractivity contribution in [3.8, 4) is 0 Å². The number of unbranched alkanes of at least 4 members (excludes halogenated alkanes) is 1. The topological polar surface area (TPSA) is 234 Å². The van der Waals surface area contributed by atoms with Gasteiger partial charge in [0, 0.05) is 6.42 Å². The second-order valence-electron chi connectivity index (χ2n) is 7.83. The molecule has 3 amide bonds. The van der Waals surface area contributed by atoms with Gasteiger partial charge in [0.2, 0.25) is 17.7 Å². The van der Waals surface area contributed by atoms with Crippen molar-refractivity contribution < 1.29 is 39.3 Å². The van der Waals surface area contributed by atoms with Crippen molar-refractivity contribution in [2.45, 2.75) is 76.5 Å². The number of nitrogens with two attached hydrogens (primary N) is 2. The zero-order chi connectivity index (χ0) is 25.6. The number of carboxylic acid groups (broad SMARTS) is 2. The first-order valence-electron chi connectivity index (χ1n) is 10.9. The van der Waals surface area contributed by atoms with Gasteiger partial charge in [-0.3, -0.25) is 19.2 Å². The van der Waals surface area contributed by atoms with E-state index in [0.29, 0.717) is 25.8 Å². The Morgan fingerprint density at radius 2 is 1.39 bits per heavy atom. The van der Waals surface area contributed by atoms with Crippen LogP contribution in [0, 0.1) is 5.92 Å². The third-order valence-electron chi connectivity index (χ3n) is 5.22. The van der Waals surface area contributed by atoms with Crippen molar-refractivity contribution in [3.05, 3.63) is 0 Å². The molecule has 0 aromatic carbocycles. The maximum absolute atomic E-state index is 12.7. The molecule has 0 spiro atoms. The zero-order valence-electron chi connectivity index (χ0n) is 19.1. The van der Waals surface area contributed by atoms with E-state index >= 15 is 0 Å². The summed E-state index contributed by atoms with van der Waals surface area (Å²) in [6.45, 7) is 3.09. The molecule has 33 heavy (non-hydrogen) atoms. The van der Waals surface area contributed by atoms with E-state index in [1.807, 2.05) is 6.92 Å². The number of aliphatic hydroxyl groups is 1. The van der Waals surface area contributed by atoms with Gasteiger partial charge in [0.1, 0.15) is 18.1 Å². The number of carbonyl (C=O) groups is 5. The van der Waals surface area contributed by atoms with E-state index in [4.69, 9.17) is 16.6 Å². The van der Waals surface area contributed by atoms with E-state index in [1.54, 1.807) is 6.92 Å². The standard InChI is InChI=1S/C20H37N5O8/c1-3-11(2)16(22)19(31)23-12(7-8-15(27)28)17(29)25-14(10-26)18(30)24-13(20(32)33)6-4-5-9-21/h11-14,16,26H,3-10,21-22H2,1-2H3,(H,23,31)(H,24,30)(H,25,29)(H,27,28)(H,32,33). The van der Waals surface area contributed by atoms with Crippen LogP contribution in [0.15, 0.2) is 0 Å². The first-order chi connectivity index (χ1) is 15.5. The molecule has 0 radical (unpaired) electrons. The summed E-state index contributed by atoms with van der Waals surface area (Å²) in [6, 6.07) is -5.02. The van der Waals surface area contributed by atoms with E-state index in [0.717, 1.165) is 0 Å². The van der Waals surface area contributed by atoms with E-state index < -0.39 is 66.9 Å². The van der Waals surface area contributed by atoms with E-state index in [1.165, 1.54) is 0 Å². The molecule has 13 nitrogen and oxygen atoms in total. The molecule has 10 N–H and O–H groups in total. The number of carbonyl (C=O) groups excluding carboxylic acids is 3. The number of aliphatic hydroxyl groups excluding tert-OH is 1. The molecule has 0 saturated carbocycles. The van der Waals surface area contributed by atoms with Crippen LogP contribution in [0.25, 0.3) is 0 Å². The average molecular weight is 476 g/mol. The fourth-order valence-electron chi connectivity index (χ4n) is 2.81. The first kappa shape index (κ1) is 30.2. The SMILES string of the molecule is CCC(C)C(N)C(=O)NC(CCC(=O)O)C(=O)NC(CO)C(=O)NC(CCCCN)C(=O)O. The summed E-state index contributed by atoms with van der Waals surface area (Å²) < 4.78 is 0. The quantitative estimate of drug-likeness (QED) is 0.106. The minimum Gasteiger partial charge on any atom is -0.481 e. The Bertz CT molecular complexity index is 675. The molecule has 0 aromatic rings. The normalized spacial score (nSPS) is 15.4. The Morgan fingerprint density at radius 3 is 1.88 bits per heavy atom. The second-order valence-corrected chi connectivity index (χ2v) is 7.83. The maximum Gasteiger partial charge on any atom is 0.326 e. The third-order valence-corrected chi connectivity index (χ3v) is 5.22. The number of nitrogens with one attached hydrogen (secondary N) is 3. The fourth-order valence-corrected chi connectivity index (χ4v) is 2.81. The van der Waals surface area contributed by atoms with Gasteiger partial charge in [0.15, 0.2) is 0 Å². The van der Waals surface area contributed by atoms with Crippen LogP contribution >= 0.6 is 0 Å². The molecule has 0 saturated heterocycles. The van der Waals surface area contributed by atoms with Gasteiger partial charge in [-0.2, -0.15) is 0 Å². The van der Waals surface area contributed by atoms with Gasteiger partial charge in [-0.05, 0) is 38.1 Å². The number of hydrogen-bond donors (Lipinski definition) is 8. The Labute approximate surface area is 192 Å². The van der Waals surface area contributed by atoms with Gasteiger partial charge >= 0.3 is 11.9 Å². The molecule has 0 heterocycles. The van der Waals surface area contributed by atoms with E-state index in [-0.39, 0.29) is 18.8 Å². The highest BCUT2D eigenvalue weighted by atomic mass is 16.4. The summed E-state index contributed by atoms with van der Waals surface area (Å²) in [4.78, 5) is 59.8. The van der Waals surface area contributed by atoms with Gasteiger partial charge in [0.05, 0.1) is 12.6 Å². The number of aliphatic carboxylic acids is 2. The van der Waals surface area contributed by atoms with Crippen LogP contribution in [0.3, 0.4) is 0 Å². The number of carboxylic acids is 2. The lowest BCUT2D eigenvalue weighted by Crippen LogP contribution is -2.58. The molecular weight excluding hydrogens is 438 g/mol. The van der Waals surface area contributed by atoms with Gasteiger partial charge in [-0.1, -0.05) is 20.3 Å². The summed E-state index contributed by atoms with van der Waals surface area (Å²) in [7, 11) is 0. The predicted octanol–water partition coefficient (Wildman–Crippen LogP) is -2.12. The van der Waals surface area contributed by atoms with Crippen LogP contribution < -0.4 is 27.4 Å². The second kappa shape index (κ2) is 15.9. The third kappa shape index (κ3) is 11.6. The molecular formula is C20H37N5O8. The van der Waals surface area contributed by atoms with Crippen LogP contribution in [0.1, 0.15) is 52.4 Å². The highest BCUT2D eigenvalue weighted by molar-refractivity contribution is 5.94. The summed E-state index contributed by atoms with van der Waals surface area (Å²) in [5.41, 5.74) is 11.2. The molecule has 5 atom stereocenters.